The number of piperidine rings is 1. The zero-order valence-corrected chi connectivity index (χ0v) is 7.67. The minimum atomic E-state index is -1.15. The van der Waals surface area contributed by atoms with Crippen LogP contribution in [0.15, 0.2) is 0 Å². The van der Waals surface area contributed by atoms with Gasteiger partial charge in [0.1, 0.15) is 12.2 Å². The van der Waals surface area contributed by atoms with Crippen molar-refractivity contribution in [1.29, 1.82) is 0 Å². The van der Waals surface area contributed by atoms with E-state index in [1.54, 1.807) is 4.90 Å². The number of hydrogen-bond acceptors (Lipinski definition) is 5. The molecule has 0 bridgehead atoms. The van der Waals surface area contributed by atoms with Crippen LogP contribution in [0.3, 0.4) is 0 Å². The van der Waals surface area contributed by atoms with Crippen molar-refractivity contribution >= 4 is 0 Å². The second-order valence-corrected chi connectivity index (χ2v) is 3.39. The smallest absolute Gasteiger partial charge is 0.109 e. The number of nitrogens with zero attached hydrogens (tertiary/aromatic N) is 1. The van der Waals surface area contributed by atoms with Crippen LogP contribution in [0.1, 0.15) is 6.92 Å². The molecule has 0 saturated carbocycles. The normalized spacial score (nSPS) is 42.2. The number of likely N-dealkylation sites (tertiary alicyclic amines) is 1. The summed E-state index contributed by atoms with van der Waals surface area (Å²) < 4.78 is 0. The zero-order chi connectivity index (χ0) is 10.0. The summed E-state index contributed by atoms with van der Waals surface area (Å²) >= 11 is 0. The van der Waals surface area contributed by atoms with Crippen LogP contribution in [0, 0.1) is 0 Å². The van der Waals surface area contributed by atoms with Gasteiger partial charge >= 0.3 is 0 Å². The van der Waals surface area contributed by atoms with Crippen molar-refractivity contribution in [3.8, 4) is 0 Å². The molecule has 78 valence electrons. The highest BCUT2D eigenvalue weighted by atomic mass is 16.4. The number of rotatable bonds is 2. The van der Waals surface area contributed by atoms with E-state index >= 15 is 0 Å². The van der Waals surface area contributed by atoms with Gasteiger partial charge in [-0.2, -0.15) is 0 Å². The molecule has 0 amide bonds. The Labute approximate surface area is 77.2 Å². The number of aliphatic hydroxyl groups excluding tert-OH is 4. The van der Waals surface area contributed by atoms with Crippen molar-refractivity contribution in [2.75, 3.05) is 19.7 Å². The summed E-state index contributed by atoms with van der Waals surface area (Å²) in [6.45, 7) is 2.59. The molecule has 1 rings (SSSR count). The van der Waals surface area contributed by atoms with Gasteiger partial charge < -0.3 is 20.4 Å². The second kappa shape index (κ2) is 4.34. The van der Waals surface area contributed by atoms with E-state index in [4.69, 9.17) is 5.11 Å². The van der Waals surface area contributed by atoms with Crippen LogP contribution in [0.4, 0.5) is 0 Å². The standard InChI is InChI=1S/C8H17NO4/c1-2-9-3-6(11)8(13)7(12)5(9)4-10/h5-8,10-13H,2-4H2,1H3/t5?,6?,7-,8-/m1/s1. The third kappa shape index (κ3) is 2.00. The van der Waals surface area contributed by atoms with Crippen molar-refractivity contribution in [1.82, 2.24) is 4.90 Å². The van der Waals surface area contributed by atoms with Gasteiger partial charge in [-0.05, 0) is 6.54 Å². The molecule has 1 heterocycles. The second-order valence-electron chi connectivity index (χ2n) is 3.39. The van der Waals surface area contributed by atoms with Gasteiger partial charge in [-0.25, -0.2) is 0 Å². The molecule has 1 fully saturated rings. The van der Waals surface area contributed by atoms with E-state index in [9.17, 15) is 15.3 Å². The van der Waals surface area contributed by atoms with Gasteiger partial charge in [0.15, 0.2) is 0 Å². The van der Waals surface area contributed by atoms with Crippen molar-refractivity contribution in [3.63, 3.8) is 0 Å². The average molecular weight is 191 g/mol. The molecule has 13 heavy (non-hydrogen) atoms. The molecular weight excluding hydrogens is 174 g/mol. The first-order valence-corrected chi connectivity index (χ1v) is 4.51. The van der Waals surface area contributed by atoms with Crippen LogP contribution >= 0.6 is 0 Å². The molecule has 0 aliphatic carbocycles. The van der Waals surface area contributed by atoms with Gasteiger partial charge in [0.25, 0.3) is 0 Å². The fourth-order valence-corrected chi connectivity index (χ4v) is 1.74. The van der Waals surface area contributed by atoms with Gasteiger partial charge in [-0.15, -0.1) is 0 Å². The summed E-state index contributed by atoms with van der Waals surface area (Å²) in [5.74, 6) is 0. The maximum atomic E-state index is 9.50. The Morgan fingerprint density at radius 2 is 1.85 bits per heavy atom. The Morgan fingerprint density at radius 1 is 1.23 bits per heavy atom. The summed E-state index contributed by atoms with van der Waals surface area (Å²) in [5.41, 5.74) is 0. The van der Waals surface area contributed by atoms with Crippen LogP contribution in [0.2, 0.25) is 0 Å². The summed E-state index contributed by atoms with van der Waals surface area (Å²) in [6, 6.07) is -0.469. The first-order valence-electron chi connectivity index (χ1n) is 4.51. The van der Waals surface area contributed by atoms with Crippen LogP contribution < -0.4 is 0 Å². The van der Waals surface area contributed by atoms with E-state index in [-0.39, 0.29) is 6.61 Å². The summed E-state index contributed by atoms with van der Waals surface area (Å²) in [7, 11) is 0. The van der Waals surface area contributed by atoms with Gasteiger partial charge in [-0.1, -0.05) is 6.92 Å². The highest BCUT2D eigenvalue weighted by Crippen LogP contribution is 2.18. The molecule has 4 atom stereocenters. The molecular formula is C8H17NO4. The first-order chi connectivity index (χ1) is 6.11. The largest absolute Gasteiger partial charge is 0.395 e. The van der Waals surface area contributed by atoms with E-state index in [0.717, 1.165) is 0 Å². The highest BCUT2D eigenvalue weighted by molar-refractivity contribution is 4.93. The summed E-state index contributed by atoms with van der Waals surface area (Å²) in [5, 5.41) is 37.1. The Kier molecular flexibility index (Phi) is 3.63. The summed E-state index contributed by atoms with van der Waals surface area (Å²) in [6.07, 6.45) is -3.16. The lowest BCUT2D eigenvalue weighted by Gasteiger charge is -2.42. The van der Waals surface area contributed by atoms with Crippen molar-refractivity contribution in [3.05, 3.63) is 0 Å². The molecule has 0 aromatic carbocycles. The Bertz CT molecular complexity index is 164. The Balaban J connectivity index is 2.69. The molecule has 0 aromatic rings. The lowest BCUT2D eigenvalue weighted by Crippen LogP contribution is -2.62. The SMILES string of the molecule is CCN1CC(O)[C@@H](O)[C@H](O)C1CO. The van der Waals surface area contributed by atoms with E-state index in [1.807, 2.05) is 6.92 Å². The van der Waals surface area contributed by atoms with E-state index in [2.05, 4.69) is 0 Å². The average Bonchev–Trinajstić information content (AvgIpc) is 2.13. The molecule has 1 aliphatic rings. The Hall–Kier alpha value is -0.200. The van der Waals surface area contributed by atoms with E-state index in [0.29, 0.717) is 13.1 Å². The van der Waals surface area contributed by atoms with Crippen LogP contribution in [-0.2, 0) is 0 Å². The molecule has 0 spiro atoms. The molecule has 5 nitrogen and oxygen atoms in total. The van der Waals surface area contributed by atoms with Gasteiger partial charge in [0.05, 0.1) is 18.8 Å². The van der Waals surface area contributed by atoms with Crippen molar-refractivity contribution in [2.24, 2.45) is 0 Å². The monoisotopic (exact) mass is 191 g/mol. The molecule has 1 aliphatic heterocycles. The number of likely N-dealkylation sites (N-methyl/N-ethyl adjacent to an activating group) is 1. The molecule has 1 saturated heterocycles. The summed E-state index contributed by atoms with van der Waals surface area (Å²) in [4.78, 5) is 1.75. The number of hydrogen-bond donors (Lipinski definition) is 4. The fourth-order valence-electron chi connectivity index (χ4n) is 1.74. The quantitative estimate of drug-likeness (QED) is 0.397. The van der Waals surface area contributed by atoms with Crippen LogP contribution in [0.5, 0.6) is 0 Å². The van der Waals surface area contributed by atoms with Crippen LogP contribution in [-0.4, -0.2) is 69.4 Å². The molecule has 0 radical (unpaired) electrons. The van der Waals surface area contributed by atoms with Gasteiger partial charge in [0, 0.05) is 6.54 Å². The van der Waals surface area contributed by atoms with E-state index in [1.165, 1.54) is 0 Å². The van der Waals surface area contributed by atoms with Gasteiger partial charge in [-0.3, -0.25) is 4.90 Å². The lowest BCUT2D eigenvalue weighted by atomic mass is 9.94. The predicted molar refractivity (Wildman–Crippen MR) is 46.1 cm³/mol. The number of β-amino-alcohol motifs (C(OH)–C–C–N with tert-alkyl or cyclic N) is 1. The topological polar surface area (TPSA) is 84.2 Å². The molecule has 0 aromatic heterocycles. The third-order valence-electron chi connectivity index (χ3n) is 2.62. The minimum absolute atomic E-state index is 0.210. The third-order valence-corrected chi connectivity index (χ3v) is 2.62. The zero-order valence-electron chi connectivity index (χ0n) is 7.67. The minimum Gasteiger partial charge on any atom is -0.395 e. The molecule has 2 unspecified atom stereocenters. The van der Waals surface area contributed by atoms with Crippen molar-refractivity contribution in [2.45, 2.75) is 31.3 Å². The Morgan fingerprint density at radius 3 is 2.31 bits per heavy atom. The predicted octanol–water partition coefficient (Wildman–Crippen LogP) is -2.23. The lowest BCUT2D eigenvalue weighted by molar-refractivity contribution is -0.143. The first kappa shape index (κ1) is 10.9. The molecule has 4 N–H and O–H groups in total. The molecule has 5 heteroatoms. The van der Waals surface area contributed by atoms with Crippen molar-refractivity contribution < 1.29 is 20.4 Å². The van der Waals surface area contributed by atoms with Gasteiger partial charge in [0.2, 0.25) is 0 Å². The van der Waals surface area contributed by atoms with E-state index < -0.39 is 24.4 Å². The van der Waals surface area contributed by atoms with Crippen LogP contribution in [0.25, 0.3) is 0 Å². The highest BCUT2D eigenvalue weighted by Gasteiger charge is 2.40. The fraction of sp³-hybridized carbons (Fsp3) is 1.00. The maximum absolute atomic E-state index is 9.50. The number of aliphatic hydroxyl groups is 4. The maximum Gasteiger partial charge on any atom is 0.109 e.